The van der Waals surface area contributed by atoms with Gasteiger partial charge in [0, 0.05) is 37.2 Å². The van der Waals surface area contributed by atoms with E-state index in [2.05, 4.69) is 28.4 Å². The van der Waals surface area contributed by atoms with Crippen LogP contribution < -0.4 is 0 Å². The monoisotopic (exact) mass is 413 g/mol. The normalized spacial score (nSPS) is 15.1. The number of carbonyl (C=O) groups is 1. The van der Waals surface area contributed by atoms with Crippen LogP contribution in [-0.4, -0.2) is 62.9 Å². The van der Waals surface area contributed by atoms with Crippen LogP contribution in [0.4, 0.5) is 0 Å². The predicted molar refractivity (Wildman–Crippen MR) is 123 cm³/mol. The zero-order valence-corrected chi connectivity index (χ0v) is 18.0. The minimum absolute atomic E-state index is 0.106. The van der Waals surface area contributed by atoms with Gasteiger partial charge in [-0.15, -0.1) is 0 Å². The van der Waals surface area contributed by atoms with E-state index in [0.717, 1.165) is 54.1 Å². The Bertz CT molecular complexity index is 1200. The molecule has 4 aromatic rings. The molecular formula is C25H27N5O. The summed E-state index contributed by atoms with van der Waals surface area (Å²) in [5.41, 5.74) is 4.49. The minimum atomic E-state index is 0.106. The molecule has 0 spiro atoms. The number of imidazole rings is 1. The highest BCUT2D eigenvalue weighted by Crippen LogP contribution is 2.28. The lowest BCUT2D eigenvalue weighted by Gasteiger charge is -2.35. The fourth-order valence-corrected chi connectivity index (χ4v) is 4.47. The number of aromatic nitrogens is 3. The van der Waals surface area contributed by atoms with Crippen molar-refractivity contribution in [1.82, 2.24) is 23.8 Å². The number of carbonyl (C=O) groups excluding carboxylic acids is 1. The average Bonchev–Trinajstić information content (AvgIpc) is 3.44. The number of pyridine rings is 1. The summed E-state index contributed by atoms with van der Waals surface area (Å²) in [7, 11) is 4.23. The highest BCUT2D eigenvalue weighted by molar-refractivity contribution is 6.02. The summed E-state index contributed by atoms with van der Waals surface area (Å²) in [5, 5.41) is 0. The second-order valence-corrected chi connectivity index (χ2v) is 8.39. The number of benzene rings is 1. The lowest BCUT2D eigenvalue weighted by molar-refractivity contribution is 0.0665. The van der Waals surface area contributed by atoms with Crippen molar-refractivity contribution in [3.8, 4) is 17.1 Å². The van der Waals surface area contributed by atoms with Crippen LogP contribution in [0.25, 0.3) is 22.6 Å². The van der Waals surface area contributed by atoms with E-state index in [4.69, 9.17) is 0 Å². The number of hydrogen-bond acceptors (Lipinski definition) is 3. The second-order valence-electron chi connectivity index (χ2n) is 8.39. The SMILES string of the molecule is CN(C)C1CCN(C(=O)c2cc(-c3cn(-c4ccccc4)cn3)n3ccccc23)CC1. The molecular weight excluding hydrogens is 386 g/mol. The Morgan fingerprint density at radius 2 is 1.77 bits per heavy atom. The molecule has 1 amide bonds. The number of amides is 1. The number of piperidine rings is 1. The van der Waals surface area contributed by atoms with Gasteiger partial charge in [0.1, 0.15) is 5.69 Å². The molecule has 3 aromatic heterocycles. The third kappa shape index (κ3) is 3.64. The van der Waals surface area contributed by atoms with E-state index in [9.17, 15) is 4.79 Å². The first-order valence-electron chi connectivity index (χ1n) is 10.8. The Morgan fingerprint density at radius 1 is 1.03 bits per heavy atom. The maximum atomic E-state index is 13.4. The Hall–Kier alpha value is -3.38. The van der Waals surface area contributed by atoms with E-state index in [1.807, 2.05) is 82.8 Å². The average molecular weight is 414 g/mol. The van der Waals surface area contributed by atoms with Gasteiger partial charge in [0.05, 0.1) is 23.1 Å². The summed E-state index contributed by atoms with van der Waals surface area (Å²) in [6.45, 7) is 1.59. The van der Waals surface area contributed by atoms with Crippen molar-refractivity contribution in [3.05, 3.63) is 78.9 Å². The van der Waals surface area contributed by atoms with Crippen molar-refractivity contribution >= 4 is 11.4 Å². The van der Waals surface area contributed by atoms with Gasteiger partial charge in [-0.1, -0.05) is 24.3 Å². The summed E-state index contributed by atoms with van der Waals surface area (Å²) in [4.78, 5) is 22.3. The van der Waals surface area contributed by atoms with E-state index >= 15 is 0 Å². The van der Waals surface area contributed by atoms with E-state index in [0.29, 0.717) is 6.04 Å². The van der Waals surface area contributed by atoms with Crippen molar-refractivity contribution < 1.29 is 4.79 Å². The molecule has 0 radical (unpaired) electrons. The number of likely N-dealkylation sites (tertiary alicyclic amines) is 1. The van der Waals surface area contributed by atoms with Crippen LogP contribution in [-0.2, 0) is 0 Å². The Labute approximate surface area is 182 Å². The van der Waals surface area contributed by atoms with Crippen LogP contribution >= 0.6 is 0 Å². The third-order valence-electron chi connectivity index (χ3n) is 6.29. The van der Waals surface area contributed by atoms with Gasteiger partial charge in [0.15, 0.2) is 0 Å². The second kappa shape index (κ2) is 8.04. The summed E-state index contributed by atoms with van der Waals surface area (Å²) in [6.07, 6.45) is 7.86. The van der Waals surface area contributed by atoms with Crippen molar-refractivity contribution in [2.75, 3.05) is 27.2 Å². The van der Waals surface area contributed by atoms with Gasteiger partial charge in [-0.25, -0.2) is 4.98 Å². The molecule has 1 saturated heterocycles. The van der Waals surface area contributed by atoms with Crippen LogP contribution in [0.15, 0.2) is 73.3 Å². The summed E-state index contributed by atoms with van der Waals surface area (Å²) < 4.78 is 4.07. The van der Waals surface area contributed by atoms with Crippen LogP contribution in [0, 0.1) is 0 Å². The molecule has 0 unspecified atom stereocenters. The van der Waals surface area contributed by atoms with E-state index in [1.54, 1.807) is 0 Å². The van der Waals surface area contributed by atoms with Crippen molar-refractivity contribution in [3.63, 3.8) is 0 Å². The van der Waals surface area contributed by atoms with Crippen LogP contribution in [0.1, 0.15) is 23.2 Å². The topological polar surface area (TPSA) is 45.8 Å². The molecule has 0 saturated carbocycles. The first-order valence-corrected chi connectivity index (χ1v) is 10.8. The molecule has 1 fully saturated rings. The smallest absolute Gasteiger partial charge is 0.256 e. The van der Waals surface area contributed by atoms with Gasteiger partial charge in [-0.3, -0.25) is 4.79 Å². The largest absolute Gasteiger partial charge is 0.338 e. The molecule has 0 bridgehead atoms. The molecule has 0 aliphatic carbocycles. The van der Waals surface area contributed by atoms with E-state index in [-0.39, 0.29) is 5.91 Å². The quantitative estimate of drug-likeness (QED) is 0.509. The van der Waals surface area contributed by atoms with Crippen LogP contribution in [0.3, 0.4) is 0 Å². The summed E-state index contributed by atoms with van der Waals surface area (Å²) >= 11 is 0. The first-order chi connectivity index (χ1) is 15.1. The van der Waals surface area contributed by atoms with Gasteiger partial charge in [-0.05, 0) is 57.3 Å². The van der Waals surface area contributed by atoms with Crippen molar-refractivity contribution in [2.45, 2.75) is 18.9 Å². The van der Waals surface area contributed by atoms with E-state index < -0.39 is 0 Å². The van der Waals surface area contributed by atoms with Crippen LogP contribution in [0.5, 0.6) is 0 Å². The maximum Gasteiger partial charge on any atom is 0.256 e. The van der Waals surface area contributed by atoms with E-state index in [1.165, 1.54) is 0 Å². The summed E-state index contributed by atoms with van der Waals surface area (Å²) in [6, 6.07) is 18.6. The van der Waals surface area contributed by atoms with Crippen molar-refractivity contribution in [2.24, 2.45) is 0 Å². The molecule has 0 atom stereocenters. The molecule has 4 heterocycles. The van der Waals surface area contributed by atoms with Crippen molar-refractivity contribution in [1.29, 1.82) is 0 Å². The number of rotatable bonds is 4. The maximum absolute atomic E-state index is 13.4. The molecule has 158 valence electrons. The van der Waals surface area contributed by atoms with Gasteiger partial charge in [0.25, 0.3) is 5.91 Å². The number of hydrogen-bond donors (Lipinski definition) is 0. The fraction of sp³-hybridized carbons (Fsp3) is 0.280. The highest BCUT2D eigenvalue weighted by Gasteiger charge is 2.27. The molecule has 1 aliphatic heterocycles. The zero-order valence-electron chi connectivity index (χ0n) is 18.0. The van der Waals surface area contributed by atoms with Gasteiger partial charge >= 0.3 is 0 Å². The molecule has 1 aromatic carbocycles. The summed E-state index contributed by atoms with van der Waals surface area (Å²) in [5.74, 6) is 0.106. The first kappa shape index (κ1) is 19.6. The Kier molecular flexibility index (Phi) is 5.08. The van der Waals surface area contributed by atoms with Gasteiger partial charge < -0.3 is 18.8 Å². The number of para-hydroxylation sites is 1. The van der Waals surface area contributed by atoms with Gasteiger partial charge in [0.2, 0.25) is 0 Å². The number of fused-ring (bicyclic) bond motifs is 1. The minimum Gasteiger partial charge on any atom is -0.338 e. The lowest BCUT2D eigenvalue weighted by Crippen LogP contribution is -2.44. The fourth-order valence-electron chi connectivity index (χ4n) is 4.47. The molecule has 5 rings (SSSR count). The molecule has 0 N–H and O–H groups in total. The molecule has 6 heteroatoms. The highest BCUT2D eigenvalue weighted by atomic mass is 16.2. The predicted octanol–water partition coefficient (Wildman–Crippen LogP) is 3.96. The standard InChI is InChI=1S/C25H27N5O/c1-27(2)19-11-14-28(15-12-19)25(31)21-16-24(30-13-7-6-10-23(21)30)22-17-29(18-26-22)20-8-4-3-5-9-20/h3-10,13,16-19H,11-12,14-15H2,1-2H3. The number of nitrogens with zero attached hydrogens (tertiary/aromatic N) is 5. The van der Waals surface area contributed by atoms with Gasteiger partial charge in [-0.2, -0.15) is 0 Å². The zero-order chi connectivity index (χ0) is 21.4. The molecule has 31 heavy (non-hydrogen) atoms. The molecule has 6 nitrogen and oxygen atoms in total. The molecule has 1 aliphatic rings. The Balaban J connectivity index is 1.48. The Morgan fingerprint density at radius 3 is 2.52 bits per heavy atom. The van der Waals surface area contributed by atoms with Crippen LogP contribution in [0.2, 0.25) is 0 Å². The lowest BCUT2D eigenvalue weighted by atomic mass is 10.0. The third-order valence-corrected chi connectivity index (χ3v) is 6.29.